The highest BCUT2D eigenvalue weighted by Crippen LogP contribution is 2.20. The fraction of sp³-hybridized carbons (Fsp3) is 0.571. The molecule has 0 fully saturated rings. The number of ether oxygens (including phenoxy) is 1. The van der Waals surface area contributed by atoms with Crippen LogP contribution in [0.15, 0.2) is 24.3 Å². The smallest absolute Gasteiger partial charge is 0.335 e. The van der Waals surface area contributed by atoms with Gasteiger partial charge in [-0.1, -0.05) is 13.2 Å². The highest BCUT2D eigenvalue weighted by atomic mass is 16.6. The third kappa shape index (κ3) is 4.35. The fourth-order valence-electron chi connectivity index (χ4n) is 1.53. The molecule has 0 aliphatic rings. The van der Waals surface area contributed by atoms with Gasteiger partial charge in [0.1, 0.15) is 0 Å². The summed E-state index contributed by atoms with van der Waals surface area (Å²) in [5.41, 5.74) is 0.242. The number of carbonyl (C=O) groups is 2. The molecule has 0 spiro atoms. The van der Waals surface area contributed by atoms with E-state index in [-0.39, 0.29) is 5.91 Å². The molecule has 1 unspecified atom stereocenters. The van der Waals surface area contributed by atoms with Gasteiger partial charge in [-0.05, 0) is 41.5 Å². The molecule has 0 aliphatic heterocycles. The lowest BCUT2D eigenvalue weighted by molar-refractivity contribution is -0.164. The van der Waals surface area contributed by atoms with E-state index in [4.69, 9.17) is 4.74 Å². The van der Waals surface area contributed by atoms with Gasteiger partial charge >= 0.3 is 5.97 Å². The molecule has 0 aromatic heterocycles. The number of carbonyl (C=O) groups excluding carboxylic acids is 2. The molecular weight excluding hydrogens is 230 g/mol. The summed E-state index contributed by atoms with van der Waals surface area (Å²) in [5, 5.41) is 0. The van der Waals surface area contributed by atoms with Gasteiger partial charge in [0.25, 0.3) is 5.91 Å². The van der Waals surface area contributed by atoms with Crippen molar-refractivity contribution in [3.05, 3.63) is 24.3 Å². The summed E-state index contributed by atoms with van der Waals surface area (Å²) in [6, 6.07) is 0. The molecule has 0 bridgehead atoms. The normalized spacial score (nSPS) is 12.6. The van der Waals surface area contributed by atoms with Crippen LogP contribution in [-0.2, 0) is 14.3 Å². The first kappa shape index (κ1) is 16.4. The third-order valence-corrected chi connectivity index (χ3v) is 2.30. The van der Waals surface area contributed by atoms with Crippen molar-refractivity contribution < 1.29 is 14.3 Å². The van der Waals surface area contributed by atoms with Crippen molar-refractivity contribution in [2.45, 2.75) is 53.3 Å². The molecule has 4 heteroatoms. The Kier molecular flexibility index (Phi) is 5.33. The molecule has 0 aromatic rings. The summed E-state index contributed by atoms with van der Waals surface area (Å²) in [7, 11) is 0. The molecule has 4 nitrogen and oxygen atoms in total. The van der Waals surface area contributed by atoms with E-state index in [1.165, 1.54) is 4.90 Å². The van der Waals surface area contributed by atoms with Gasteiger partial charge in [-0.2, -0.15) is 0 Å². The Balaban J connectivity index is 5.11. The van der Waals surface area contributed by atoms with E-state index in [1.54, 1.807) is 20.8 Å². The zero-order valence-corrected chi connectivity index (χ0v) is 12.2. The SMILES string of the molecule is C=C(C)C(=O)OC(C)N(C(=O)C(=C)C)C(C)(C)C. The van der Waals surface area contributed by atoms with Crippen LogP contribution in [0, 0.1) is 0 Å². The standard InChI is InChI=1S/C14H23NO3/c1-9(2)12(16)15(14(6,7)8)11(5)18-13(17)10(3)4/h11H,1,3H2,2,4-8H3. The molecule has 0 heterocycles. The Labute approximate surface area is 109 Å². The van der Waals surface area contributed by atoms with Gasteiger partial charge < -0.3 is 4.74 Å². The first-order chi connectivity index (χ1) is 7.98. The minimum Gasteiger partial charge on any atom is -0.438 e. The summed E-state index contributed by atoms with van der Waals surface area (Å²) < 4.78 is 5.20. The first-order valence-electron chi connectivity index (χ1n) is 5.84. The van der Waals surface area contributed by atoms with Crippen molar-refractivity contribution in [1.82, 2.24) is 4.90 Å². The second-order valence-corrected chi connectivity index (χ2v) is 5.41. The summed E-state index contributed by atoms with van der Waals surface area (Å²) >= 11 is 0. The van der Waals surface area contributed by atoms with Crippen LogP contribution in [0.4, 0.5) is 0 Å². The van der Waals surface area contributed by atoms with Crippen molar-refractivity contribution in [2.24, 2.45) is 0 Å². The Morgan fingerprint density at radius 1 is 1.11 bits per heavy atom. The van der Waals surface area contributed by atoms with Crippen LogP contribution in [0.5, 0.6) is 0 Å². The highest BCUT2D eigenvalue weighted by molar-refractivity contribution is 5.93. The van der Waals surface area contributed by atoms with Crippen molar-refractivity contribution in [3.8, 4) is 0 Å². The summed E-state index contributed by atoms with van der Waals surface area (Å²) in [6.45, 7) is 17.6. The van der Waals surface area contributed by atoms with Gasteiger partial charge in [0.15, 0.2) is 6.23 Å². The molecule has 0 aliphatic carbocycles. The van der Waals surface area contributed by atoms with Crippen LogP contribution in [-0.4, -0.2) is 28.5 Å². The number of amides is 1. The minimum atomic E-state index is -0.668. The zero-order chi connectivity index (χ0) is 14.7. The van der Waals surface area contributed by atoms with Crippen LogP contribution < -0.4 is 0 Å². The lowest BCUT2D eigenvalue weighted by Crippen LogP contribution is -2.52. The second-order valence-electron chi connectivity index (χ2n) is 5.41. The van der Waals surface area contributed by atoms with Crippen LogP contribution in [0.25, 0.3) is 0 Å². The largest absolute Gasteiger partial charge is 0.438 e. The van der Waals surface area contributed by atoms with Gasteiger partial charge in [-0.3, -0.25) is 9.69 Å². The van der Waals surface area contributed by atoms with E-state index in [2.05, 4.69) is 13.2 Å². The molecule has 0 rings (SSSR count). The van der Waals surface area contributed by atoms with E-state index < -0.39 is 17.7 Å². The van der Waals surface area contributed by atoms with Crippen LogP contribution in [0.3, 0.4) is 0 Å². The van der Waals surface area contributed by atoms with E-state index in [1.807, 2.05) is 20.8 Å². The van der Waals surface area contributed by atoms with Gasteiger partial charge in [-0.15, -0.1) is 0 Å². The maximum atomic E-state index is 12.1. The molecule has 1 amide bonds. The Morgan fingerprint density at radius 2 is 1.56 bits per heavy atom. The molecule has 1 atom stereocenters. The van der Waals surface area contributed by atoms with E-state index in [9.17, 15) is 9.59 Å². The quantitative estimate of drug-likeness (QED) is 0.439. The molecule has 0 saturated carbocycles. The Hall–Kier alpha value is -1.58. The molecule has 0 N–H and O–H groups in total. The third-order valence-electron chi connectivity index (χ3n) is 2.30. The van der Waals surface area contributed by atoms with Gasteiger partial charge in [0.2, 0.25) is 0 Å². The van der Waals surface area contributed by atoms with Crippen LogP contribution in [0.1, 0.15) is 41.5 Å². The van der Waals surface area contributed by atoms with E-state index in [0.717, 1.165) is 0 Å². The van der Waals surface area contributed by atoms with Crippen molar-refractivity contribution in [2.75, 3.05) is 0 Å². The zero-order valence-electron chi connectivity index (χ0n) is 12.2. The monoisotopic (exact) mass is 253 g/mol. The predicted molar refractivity (Wildman–Crippen MR) is 71.8 cm³/mol. The molecular formula is C14H23NO3. The maximum absolute atomic E-state index is 12.1. The van der Waals surface area contributed by atoms with Gasteiger partial charge in [-0.25, -0.2) is 4.79 Å². The number of hydrogen-bond donors (Lipinski definition) is 0. The lowest BCUT2D eigenvalue weighted by atomic mass is 10.0. The summed E-state index contributed by atoms with van der Waals surface area (Å²) in [4.78, 5) is 25.1. The minimum absolute atomic E-state index is 0.232. The van der Waals surface area contributed by atoms with Crippen LogP contribution >= 0.6 is 0 Å². The number of hydrogen-bond acceptors (Lipinski definition) is 3. The average Bonchev–Trinajstić information content (AvgIpc) is 2.14. The van der Waals surface area contributed by atoms with Gasteiger partial charge in [0.05, 0.1) is 0 Å². The molecule has 18 heavy (non-hydrogen) atoms. The predicted octanol–water partition coefficient (Wildman–Crippen LogP) is 2.65. The fourth-order valence-corrected chi connectivity index (χ4v) is 1.53. The number of esters is 1. The Morgan fingerprint density at radius 3 is 1.83 bits per heavy atom. The second kappa shape index (κ2) is 5.85. The average molecular weight is 253 g/mol. The molecule has 102 valence electrons. The van der Waals surface area contributed by atoms with Crippen LogP contribution in [0.2, 0.25) is 0 Å². The van der Waals surface area contributed by atoms with E-state index in [0.29, 0.717) is 11.1 Å². The molecule has 0 saturated heterocycles. The summed E-state index contributed by atoms with van der Waals surface area (Å²) in [5.74, 6) is -0.740. The van der Waals surface area contributed by atoms with Crippen molar-refractivity contribution >= 4 is 11.9 Å². The molecule has 0 radical (unpaired) electrons. The molecule has 0 aromatic carbocycles. The lowest BCUT2D eigenvalue weighted by Gasteiger charge is -2.39. The van der Waals surface area contributed by atoms with Crippen molar-refractivity contribution in [1.29, 1.82) is 0 Å². The summed E-state index contributed by atoms with van der Waals surface area (Å²) in [6.07, 6.45) is -0.668. The topological polar surface area (TPSA) is 46.6 Å². The van der Waals surface area contributed by atoms with Crippen molar-refractivity contribution in [3.63, 3.8) is 0 Å². The van der Waals surface area contributed by atoms with E-state index >= 15 is 0 Å². The van der Waals surface area contributed by atoms with Gasteiger partial charge in [0, 0.05) is 16.7 Å². The first-order valence-corrected chi connectivity index (χ1v) is 5.84. The Bertz CT molecular complexity index is 377. The number of nitrogens with zero attached hydrogens (tertiary/aromatic N) is 1. The highest BCUT2D eigenvalue weighted by Gasteiger charge is 2.33. The number of rotatable bonds is 4. The maximum Gasteiger partial charge on any atom is 0.335 e.